The van der Waals surface area contributed by atoms with Crippen LogP contribution in [0, 0.1) is 11.8 Å². The Labute approximate surface area is 126 Å². The summed E-state index contributed by atoms with van der Waals surface area (Å²) in [4.78, 5) is 12.5. The van der Waals surface area contributed by atoms with Crippen molar-refractivity contribution in [2.45, 2.75) is 39.7 Å². The van der Waals surface area contributed by atoms with Crippen LogP contribution in [-0.2, 0) is 4.79 Å². The molecule has 0 aliphatic carbocycles. The molecule has 0 saturated carbocycles. The summed E-state index contributed by atoms with van der Waals surface area (Å²) in [6, 6.07) is 7.15. The molecule has 112 valence electrons. The highest BCUT2D eigenvalue weighted by molar-refractivity contribution is 6.30. The quantitative estimate of drug-likeness (QED) is 0.847. The second kappa shape index (κ2) is 7.65. The Morgan fingerprint density at radius 3 is 2.10 bits per heavy atom. The maximum atomic E-state index is 12.5. The van der Waals surface area contributed by atoms with Crippen LogP contribution < -0.4 is 5.32 Å². The number of hydrogen-bond acceptors (Lipinski definition) is 2. The van der Waals surface area contributed by atoms with Crippen molar-refractivity contribution < 1.29 is 9.90 Å². The lowest BCUT2D eigenvalue weighted by molar-refractivity contribution is -0.124. The number of carbonyl (C=O) groups excluding carboxylic acids is 1. The van der Waals surface area contributed by atoms with E-state index in [0.29, 0.717) is 5.02 Å². The van der Waals surface area contributed by atoms with Gasteiger partial charge in [-0.3, -0.25) is 4.79 Å². The number of benzene rings is 1. The average Bonchev–Trinajstić information content (AvgIpc) is 2.37. The van der Waals surface area contributed by atoms with Gasteiger partial charge in [-0.25, -0.2) is 0 Å². The number of hydrogen-bond donors (Lipinski definition) is 2. The van der Waals surface area contributed by atoms with Crippen LogP contribution in [0.25, 0.3) is 0 Å². The molecule has 2 atom stereocenters. The third-order valence-electron chi connectivity index (χ3n) is 3.51. The molecule has 4 heteroatoms. The standard InChI is InChI=1S/C16H24ClNO2/c1-10(2)14(9-19)18-16(20)15(11(3)4)12-5-7-13(17)8-6-12/h5-8,10-11,14-15,19H,9H2,1-4H3,(H,18,20)/t14-,15?/m1/s1. The van der Waals surface area contributed by atoms with Gasteiger partial charge in [-0.1, -0.05) is 51.4 Å². The minimum Gasteiger partial charge on any atom is -0.394 e. The monoisotopic (exact) mass is 297 g/mol. The molecule has 1 unspecified atom stereocenters. The maximum absolute atomic E-state index is 12.5. The van der Waals surface area contributed by atoms with Gasteiger partial charge in [0.1, 0.15) is 0 Å². The number of carbonyl (C=O) groups is 1. The SMILES string of the molecule is CC(C)C(C(=O)N[C@H](CO)C(C)C)c1ccc(Cl)cc1. The second-order valence-electron chi connectivity index (χ2n) is 5.81. The van der Waals surface area contributed by atoms with Crippen molar-refractivity contribution in [2.75, 3.05) is 6.61 Å². The number of aliphatic hydroxyl groups is 1. The van der Waals surface area contributed by atoms with Crippen molar-refractivity contribution in [2.24, 2.45) is 11.8 Å². The summed E-state index contributed by atoms with van der Waals surface area (Å²) >= 11 is 5.89. The van der Waals surface area contributed by atoms with E-state index in [1.165, 1.54) is 0 Å². The zero-order valence-electron chi connectivity index (χ0n) is 12.6. The van der Waals surface area contributed by atoms with Gasteiger partial charge < -0.3 is 10.4 Å². The zero-order chi connectivity index (χ0) is 15.3. The lowest BCUT2D eigenvalue weighted by Crippen LogP contribution is -2.44. The molecule has 0 heterocycles. The fraction of sp³-hybridized carbons (Fsp3) is 0.562. The molecule has 0 aliphatic rings. The van der Waals surface area contributed by atoms with Gasteiger partial charge in [0, 0.05) is 5.02 Å². The Bertz CT molecular complexity index is 429. The normalized spacial score (nSPS) is 14.4. The van der Waals surface area contributed by atoms with Gasteiger partial charge in [-0.15, -0.1) is 0 Å². The van der Waals surface area contributed by atoms with Crippen LogP contribution in [0.3, 0.4) is 0 Å². The number of aliphatic hydroxyl groups excluding tert-OH is 1. The summed E-state index contributed by atoms with van der Waals surface area (Å²) in [5.74, 6) is 0.0831. The Kier molecular flexibility index (Phi) is 6.50. The Balaban J connectivity index is 2.91. The molecule has 0 aliphatic heterocycles. The number of halogens is 1. The third kappa shape index (κ3) is 4.50. The van der Waals surface area contributed by atoms with E-state index in [-0.39, 0.29) is 36.3 Å². The van der Waals surface area contributed by atoms with Crippen LogP contribution in [0.2, 0.25) is 5.02 Å². The van der Waals surface area contributed by atoms with Gasteiger partial charge >= 0.3 is 0 Å². The topological polar surface area (TPSA) is 49.3 Å². The lowest BCUT2D eigenvalue weighted by atomic mass is 9.87. The lowest BCUT2D eigenvalue weighted by Gasteiger charge is -2.26. The predicted octanol–water partition coefficient (Wildman–Crippen LogP) is 3.21. The molecule has 20 heavy (non-hydrogen) atoms. The van der Waals surface area contributed by atoms with Crippen molar-refractivity contribution in [3.05, 3.63) is 34.9 Å². The molecule has 1 amide bonds. The van der Waals surface area contributed by atoms with Crippen molar-refractivity contribution in [1.29, 1.82) is 0 Å². The molecule has 1 aromatic rings. The van der Waals surface area contributed by atoms with Crippen molar-refractivity contribution in [1.82, 2.24) is 5.32 Å². The van der Waals surface area contributed by atoms with Crippen LogP contribution in [0.5, 0.6) is 0 Å². The van der Waals surface area contributed by atoms with Crippen molar-refractivity contribution in [3.63, 3.8) is 0 Å². The van der Waals surface area contributed by atoms with Crippen LogP contribution >= 0.6 is 11.6 Å². The van der Waals surface area contributed by atoms with Crippen LogP contribution in [0.15, 0.2) is 24.3 Å². The highest BCUT2D eigenvalue weighted by atomic mass is 35.5. The summed E-state index contributed by atoms with van der Waals surface area (Å²) in [5, 5.41) is 12.9. The largest absolute Gasteiger partial charge is 0.394 e. The first-order valence-corrected chi connectivity index (χ1v) is 7.41. The summed E-state index contributed by atoms with van der Waals surface area (Å²) in [6.07, 6.45) is 0. The Morgan fingerprint density at radius 2 is 1.70 bits per heavy atom. The van der Waals surface area contributed by atoms with E-state index in [4.69, 9.17) is 11.6 Å². The first kappa shape index (κ1) is 17.0. The summed E-state index contributed by atoms with van der Waals surface area (Å²) in [6.45, 7) is 7.95. The van der Waals surface area contributed by atoms with E-state index in [2.05, 4.69) is 5.32 Å². The van der Waals surface area contributed by atoms with E-state index >= 15 is 0 Å². The van der Waals surface area contributed by atoms with E-state index < -0.39 is 0 Å². The molecule has 1 aromatic carbocycles. The molecule has 0 fully saturated rings. The molecule has 0 bridgehead atoms. The first-order valence-electron chi connectivity index (χ1n) is 7.03. The highest BCUT2D eigenvalue weighted by Crippen LogP contribution is 2.26. The van der Waals surface area contributed by atoms with Crippen molar-refractivity contribution >= 4 is 17.5 Å². The predicted molar refractivity (Wildman–Crippen MR) is 82.9 cm³/mol. The Morgan fingerprint density at radius 1 is 1.15 bits per heavy atom. The average molecular weight is 298 g/mol. The van der Waals surface area contributed by atoms with Crippen molar-refractivity contribution in [3.8, 4) is 0 Å². The zero-order valence-corrected chi connectivity index (χ0v) is 13.3. The van der Waals surface area contributed by atoms with Gasteiger partial charge in [0.25, 0.3) is 0 Å². The van der Waals surface area contributed by atoms with E-state index in [0.717, 1.165) is 5.56 Å². The van der Waals surface area contributed by atoms with Gasteiger partial charge in [0.05, 0.1) is 18.6 Å². The highest BCUT2D eigenvalue weighted by Gasteiger charge is 2.26. The maximum Gasteiger partial charge on any atom is 0.228 e. The Hall–Kier alpha value is -1.06. The van der Waals surface area contributed by atoms with Gasteiger partial charge in [-0.05, 0) is 29.5 Å². The molecule has 3 nitrogen and oxygen atoms in total. The van der Waals surface area contributed by atoms with Crippen LogP contribution in [0.4, 0.5) is 0 Å². The minimum atomic E-state index is -0.236. The summed E-state index contributed by atoms with van der Waals surface area (Å²) in [7, 11) is 0. The molecule has 0 spiro atoms. The second-order valence-corrected chi connectivity index (χ2v) is 6.25. The first-order chi connectivity index (χ1) is 9.36. The fourth-order valence-corrected chi connectivity index (χ4v) is 2.33. The smallest absolute Gasteiger partial charge is 0.228 e. The molecular formula is C16H24ClNO2. The minimum absolute atomic E-state index is 0.0462. The molecule has 0 aromatic heterocycles. The van der Waals surface area contributed by atoms with Gasteiger partial charge in [0.2, 0.25) is 5.91 Å². The number of amides is 1. The number of rotatable bonds is 6. The fourth-order valence-electron chi connectivity index (χ4n) is 2.20. The summed E-state index contributed by atoms with van der Waals surface area (Å²) in [5.41, 5.74) is 0.947. The van der Waals surface area contributed by atoms with Crippen LogP contribution in [-0.4, -0.2) is 23.7 Å². The summed E-state index contributed by atoms with van der Waals surface area (Å²) < 4.78 is 0. The third-order valence-corrected chi connectivity index (χ3v) is 3.76. The molecule has 0 saturated heterocycles. The molecule has 1 rings (SSSR count). The van der Waals surface area contributed by atoms with Gasteiger partial charge in [0.15, 0.2) is 0 Å². The van der Waals surface area contributed by atoms with E-state index in [9.17, 15) is 9.90 Å². The molecular weight excluding hydrogens is 274 g/mol. The van der Waals surface area contributed by atoms with E-state index in [1.54, 1.807) is 12.1 Å². The van der Waals surface area contributed by atoms with Gasteiger partial charge in [-0.2, -0.15) is 0 Å². The molecule has 2 N–H and O–H groups in total. The van der Waals surface area contributed by atoms with Crippen LogP contribution in [0.1, 0.15) is 39.2 Å². The number of nitrogens with one attached hydrogen (secondary N) is 1. The molecule has 0 radical (unpaired) electrons. The van der Waals surface area contributed by atoms with E-state index in [1.807, 2.05) is 39.8 Å².